The number of amides is 1. The van der Waals surface area contributed by atoms with Crippen molar-refractivity contribution in [2.75, 3.05) is 39.3 Å². The highest BCUT2D eigenvalue weighted by atomic mass is 127. The molecule has 3 N–H and O–H groups in total. The molecule has 158 valence electrons. The maximum atomic E-state index is 11.9. The van der Waals surface area contributed by atoms with Gasteiger partial charge in [0.2, 0.25) is 5.91 Å². The number of rotatable bonds is 7. The fraction of sp³-hybridized carbons (Fsp3) is 0.900. The average Bonchev–Trinajstić information content (AvgIpc) is 3.23. The van der Waals surface area contributed by atoms with Crippen molar-refractivity contribution < 1.29 is 4.79 Å². The third kappa shape index (κ3) is 8.98. The highest BCUT2D eigenvalue weighted by molar-refractivity contribution is 14.0. The lowest BCUT2D eigenvalue weighted by molar-refractivity contribution is -0.128. The van der Waals surface area contributed by atoms with Crippen LogP contribution in [0, 0.1) is 11.3 Å². The Balaban J connectivity index is 0.00000364. The Hall–Kier alpha value is -0.570. The fourth-order valence-electron chi connectivity index (χ4n) is 3.79. The van der Waals surface area contributed by atoms with Crippen molar-refractivity contribution in [3.05, 3.63) is 0 Å². The summed E-state index contributed by atoms with van der Waals surface area (Å²) in [6.07, 6.45) is 6.85. The zero-order chi connectivity index (χ0) is 19.0. The van der Waals surface area contributed by atoms with Crippen LogP contribution < -0.4 is 16.0 Å². The third-order valence-electron chi connectivity index (χ3n) is 5.30. The van der Waals surface area contributed by atoms with Crippen molar-refractivity contribution in [3.8, 4) is 0 Å². The van der Waals surface area contributed by atoms with E-state index in [4.69, 9.17) is 0 Å². The van der Waals surface area contributed by atoms with Gasteiger partial charge in [0.1, 0.15) is 0 Å². The molecule has 1 atom stereocenters. The van der Waals surface area contributed by atoms with Crippen molar-refractivity contribution in [3.63, 3.8) is 0 Å². The van der Waals surface area contributed by atoms with Gasteiger partial charge in [-0.2, -0.15) is 0 Å². The second kappa shape index (κ2) is 12.1. The van der Waals surface area contributed by atoms with Gasteiger partial charge in [-0.1, -0.05) is 33.6 Å². The smallest absolute Gasteiger partial charge is 0.225 e. The molecule has 1 amide bonds. The molecule has 1 unspecified atom stereocenters. The normalized spacial score (nSPS) is 21.8. The van der Waals surface area contributed by atoms with Gasteiger partial charge in [0.15, 0.2) is 5.96 Å². The van der Waals surface area contributed by atoms with Crippen LogP contribution in [-0.2, 0) is 4.79 Å². The lowest BCUT2D eigenvalue weighted by Gasteiger charge is -2.21. The Morgan fingerprint density at radius 1 is 1.15 bits per heavy atom. The van der Waals surface area contributed by atoms with E-state index >= 15 is 0 Å². The van der Waals surface area contributed by atoms with Gasteiger partial charge in [-0.15, -0.1) is 24.0 Å². The Labute approximate surface area is 182 Å². The highest BCUT2D eigenvalue weighted by Crippen LogP contribution is 2.26. The number of halogens is 1. The second-order valence-corrected chi connectivity index (χ2v) is 8.81. The molecule has 6 nitrogen and oxygen atoms in total. The Bertz CT molecular complexity index is 471. The second-order valence-electron chi connectivity index (χ2n) is 8.81. The van der Waals surface area contributed by atoms with Gasteiger partial charge < -0.3 is 20.9 Å². The van der Waals surface area contributed by atoms with Crippen LogP contribution in [0.1, 0.15) is 59.8 Å². The standard InChI is InChI=1S/C20H39N5O.HI/c1-5-21-19(23-12-11-22-18(26)20(2,3)4)24-17-10-13-25(15-17)14-16-8-6-7-9-16;/h16-17H,5-15H2,1-4H3,(H,22,26)(H2,21,23,24);1H. The molecule has 0 aromatic rings. The first-order valence-corrected chi connectivity index (χ1v) is 10.4. The lowest BCUT2D eigenvalue weighted by Crippen LogP contribution is -2.45. The first kappa shape index (κ1) is 24.5. The summed E-state index contributed by atoms with van der Waals surface area (Å²) in [7, 11) is 0. The molecule has 27 heavy (non-hydrogen) atoms. The quantitative estimate of drug-likeness (QED) is 0.221. The van der Waals surface area contributed by atoms with E-state index in [9.17, 15) is 4.79 Å². The van der Waals surface area contributed by atoms with Gasteiger partial charge in [0.05, 0.1) is 6.54 Å². The van der Waals surface area contributed by atoms with Gasteiger partial charge >= 0.3 is 0 Å². The summed E-state index contributed by atoms with van der Waals surface area (Å²) in [6, 6.07) is 0.471. The minimum Gasteiger partial charge on any atom is -0.357 e. The summed E-state index contributed by atoms with van der Waals surface area (Å²) in [5.41, 5.74) is -0.348. The van der Waals surface area contributed by atoms with E-state index in [0.717, 1.165) is 25.0 Å². The number of guanidine groups is 1. The van der Waals surface area contributed by atoms with Crippen LogP contribution in [0.3, 0.4) is 0 Å². The zero-order valence-corrected chi connectivity index (χ0v) is 20.0. The number of aliphatic imine (C=N–C) groups is 1. The summed E-state index contributed by atoms with van der Waals surface area (Å²) < 4.78 is 0. The van der Waals surface area contributed by atoms with E-state index in [1.165, 1.54) is 45.2 Å². The monoisotopic (exact) mass is 493 g/mol. The lowest BCUT2D eigenvalue weighted by atomic mass is 9.96. The Kier molecular flexibility index (Phi) is 11.0. The number of carbonyl (C=O) groups is 1. The number of nitrogens with zero attached hydrogens (tertiary/aromatic N) is 2. The van der Waals surface area contributed by atoms with Crippen LogP contribution in [0.15, 0.2) is 4.99 Å². The van der Waals surface area contributed by atoms with Gasteiger partial charge in [-0.25, -0.2) is 0 Å². The highest BCUT2D eigenvalue weighted by Gasteiger charge is 2.26. The summed E-state index contributed by atoms with van der Waals surface area (Å²) in [5.74, 6) is 1.86. The van der Waals surface area contributed by atoms with E-state index in [0.29, 0.717) is 19.1 Å². The summed E-state index contributed by atoms with van der Waals surface area (Å²) in [6.45, 7) is 13.4. The fourth-order valence-corrected chi connectivity index (χ4v) is 3.79. The zero-order valence-electron chi connectivity index (χ0n) is 17.6. The average molecular weight is 493 g/mol. The van der Waals surface area contributed by atoms with E-state index in [1.807, 2.05) is 20.8 Å². The predicted molar refractivity (Wildman–Crippen MR) is 124 cm³/mol. The molecule has 0 spiro atoms. The van der Waals surface area contributed by atoms with Crippen LogP contribution in [0.4, 0.5) is 0 Å². The van der Waals surface area contributed by atoms with Crippen LogP contribution in [0.5, 0.6) is 0 Å². The van der Waals surface area contributed by atoms with E-state index in [-0.39, 0.29) is 35.3 Å². The molecule has 0 aromatic heterocycles. The Morgan fingerprint density at radius 2 is 1.85 bits per heavy atom. The number of hydrogen-bond donors (Lipinski definition) is 3. The van der Waals surface area contributed by atoms with Crippen molar-refractivity contribution >= 4 is 35.8 Å². The molecular formula is C20H40IN5O. The number of nitrogens with one attached hydrogen (secondary N) is 3. The summed E-state index contributed by atoms with van der Waals surface area (Å²) >= 11 is 0. The molecule has 1 saturated carbocycles. The molecule has 1 aliphatic heterocycles. The maximum absolute atomic E-state index is 11.9. The van der Waals surface area contributed by atoms with Crippen molar-refractivity contribution in [2.24, 2.45) is 16.3 Å². The number of carbonyl (C=O) groups excluding carboxylic acids is 1. The summed E-state index contributed by atoms with van der Waals surface area (Å²) in [5, 5.41) is 9.85. The van der Waals surface area contributed by atoms with Gasteiger partial charge in [-0.3, -0.25) is 9.79 Å². The van der Waals surface area contributed by atoms with Crippen molar-refractivity contribution in [1.82, 2.24) is 20.9 Å². The molecule has 1 saturated heterocycles. The van der Waals surface area contributed by atoms with Gasteiger partial charge in [0, 0.05) is 44.2 Å². The van der Waals surface area contributed by atoms with Crippen LogP contribution in [-0.4, -0.2) is 62.1 Å². The molecule has 1 aliphatic carbocycles. The minimum atomic E-state index is -0.348. The molecule has 1 heterocycles. The molecule has 7 heteroatoms. The van der Waals surface area contributed by atoms with Crippen LogP contribution in [0.25, 0.3) is 0 Å². The molecule has 0 aromatic carbocycles. The SMILES string of the molecule is CCNC(=NCCNC(=O)C(C)(C)C)NC1CCN(CC2CCCC2)C1.I. The van der Waals surface area contributed by atoms with E-state index < -0.39 is 0 Å². The largest absolute Gasteiger partial charge is 0.357 e. The summed E-state index contributed by atoms with van der Waals surface area (Å²) in [4.78, 5) is 19.1. The molecule has 0 radical (unpaired) electrons. The third-order valence-corrected chi connectivity index (χ3v) is 5.30. The minimum absolute atomic E-state index is 0. The first-order valence-electron chi connectivity index (χ1n) is 10.4. The maximum Gasteiger partial charge on any atom is 0.225 e. The van der Waals surface area contributed by atoms with E-state index in [2.05, 4.69) is 32.8 Å². The molecule has 2 fully saturated rings. The van der Waals surface area contributed by atoms with Crippen molar-refractivity contribution in [1.29, 1.82) is 0 Å². The van der Waals surface area contributed by atoms with E-state index in [1.54, 1.807) is 0 Å². The van der Waals surface area contributed by atoms with Gasteiger partial charge in [0.25, 0.3) is 0 Å². The number of hydrogen-bond acceptors (Lipinski definition) is 3. The van der Waals surface area contributed by atoms with Crippen LogP contribution >= 0.6 is 24.0 Å². The Morgan fingerprint density at radius 3 is 2.48 bits per heavy atom. The topological polar surface area (TPSA) is 68.8 Å². The van der Waals surface area contributed by atoms with Gasteiger partial charge in [-0.05, 0) is 32.1 Å². The van der Waals surface area contributed by atoms with Crippen molar-refractivity contribution in [2.45, 2.75) is 65.8 Å². The predicted octanol–water partition coefficient (Wildman–Crippen LogP) is 2.59. The molecule has 0 bridgehead atoms. The van der Waals surface area contributed by atoms with Crippen LogP contribution in [0.2, 0.25) is 0 Å². The molecule has 2 aliphatic rings. The number of likely N-dealkylation sites (tertiary alicyclic amines) is 1. The first-order chi connectivity index (χ1) is 12.4. The molecule has 2 rings (SSSR count). The molecular weight excluding hydrogens is 453 g/mol.